The lowest BCUT2D eigenvalue weighted by atomic mass is 10.2. The number of carbonyl (C=O) groups is 1. The van der Waals surface area contributed by atoms with E-state index >= 15 is 0 Å². The predicted molar refractivity (Wildman–Crippen MR) is 105 cm³/mol. The summed E-state index contributed by atoms with van der Waals surface area (Å²) in [6.07, 6.45) is 0.650. The number of amides is 1. The van der Waals surface area contributed by atoms with Crippen molar-refractivity contribution in [2.75, 3.05) is 24.6 Å². The molecule has 27 heavy (non-hydrogen) atoms. The second-order valence-corrected chi connectivity index (χ2v) is 8.57. The fourth-order valence-electron chi connectivity index (χ4n) is 3.07. The molecule has 0 radical (unpaired) electrons. The monoisotopic (exact) mass is 408 g/mol. The predicted octanol–water partition coefficient (Wildman–Crippen LogP) is 2.91. The number of ether oxygens (including phenoxy) is 1. The van der Waals surface area contributed by atoms with Crippen LogP contribution in [0.15, 0.2) is 41.3 Å². The van der Waals surface area contributed by atoms with E-state index in [0.29, 0.717) is 23.7 Å². The Bertz CT molecular complexity index is 976. The SMILES string of the molecule is CC(=O)N1CCc2cc(S(=O)(=O)NCCOc3ccc(Cl)cc3C)ccc21. The number of halogens is 1. The Kier molecular flexibility index (Phi) is 5.74. The van der Waals surface area contributed by atoms with Gasteiger partial charge in [0.25, 0.3) is 0 Å². The number of nitrogens with zero attached hydrogens (tertiary/aromatic N) is 1. The van der Waals surface area contributed by atoms with Gasteiger partial charge in [-0.15, -0.1) is 0 Å². The lowest BCUT2D eigenvalue weighted by molar-refractivity contribution is -0.116. The molecule has 0 saturated heterocycles. The summed E-state index contributed by atoms with van der Waals surface area (Å²) in [5.41, 5.74) is 2.53. The van der Waals surface area contributed by atoms with Crippen LogP contribution in [0, 0.1) is 6.92 Å². The highest BCUT2D eigenvalue weighted by Gasteiger charge is 2.24. The average Bonchev–Trinajstić information content (AvgIpc) is 3.03. The zero-order chi connectivity index (χ0) is 19.6. The van der Waals surface area contributed by atoms with Crippen LogP contribution in [0.4, 0.5) is 5.69 Å². The second kappa shape index (κ2) is 7.88. The smallest absolute Gasteiger partial charge is 0.240 e. The minimum Gasteiger partial charge on any atom is -0.492 e. The number of carbonyl (C=O) groups excluding carboxylic acids is 1. The lowest BCUT2D eigenvalue weighted by Crippen LogP contribution is -2.28. The quantitative estimate of drug-likeness (QED) is 0.745. The van der Waals surface area contributed by atoms with Crippen molar-refractivity contribution in [2.45, 2.75) is 25.2 Å². The van der Waals surface area contributed by atoms with Crippen molar-refractivity contribution in [2.24, 2.45) is 0 Å². The summed E-state index contributed by atoms with van der Waals surface area (Å²) < 4.78 is 33.2. The Morgan fingerprint density at radius 3 is 2.74 bits per heavy atom. The summed E-state index contributed by atoms with van der Waals surface area (Å²) in [5.74, 6) is 0.623. The Labute approximate surface area is 164 Å². The molecule has 2 aromatic carbocycles. The van der Waals surface area contributed by atoms with Crippen molar-refractivity contribution >= 4 is 33.2 Å². The van der Waals surface area contributed by atoms with Crippen molar-refractivity contribution < 1.29 is 17.9 Å². The van der Waals surface area contributed by atoms with Gasteiger partial charge in [-0.1, -0.05) is 11.6 Å². The zero-order valence-electron chi connectivity index (χ0n) is 15.2. The first-order valence-electron chi connectivity index (χ1n) is 8.57. The van der Waals surface area contributed by atoms with E-state index in [4.69, 9.17) is 16.3 Å². The molecule has 1 aliphatic rings. The number of hydrogen-bond acceptors (Lipinski definition) is 4. The van der Waals surface area contributed by atoms with Crippen LogP contribution in [0.25, 0.3) is 0 Å². The van der Waals surface area contributed by atoms with E-state index in [2.05, 4.69) is 4.72 Å². The van der Waals surface area contributed by atoms with E-state index in [1.807, 2.05) is 6.92 Å². The normalized spacial score (nSPS) is 13.5. The number of aryl methyl sites for hydroxylation is 1. The van der Waals surface area contributed by atoms with Gasteiger partial charge in [0.2, 0.25) is 15.9 Å². The van der Waals surface area contributed by atoms with Gasteiger partial charge >= 0.3 is 0 Å². The number of nitrogens with one attached hydrogen (secondary N) is 1. The van der Waals surface area contributed by atoms with Gasteiger partial charge < -0.3 is 9.64 Å². The van der Waals surface area contributed by atoms with E-state index in [0.717, 1.165) is 16.8 Å². The third-order valence-corrected chi connectivity index (χ3v) is 6.12. The molecule has 0 bridgehead atoms. The minimum atomic E-state index is -3.65. The summed E-state index contributed by atoms with van der Waals surface area (Å²) in [6.45, 7) is 4.30. The van der Waals surface area contributed by atoms with E-state index < -0.39 is 10.0 Å². The maximum Gasteiger partial charge on any atom is 0.240 e. The van der Waals surface area contributed by atoms with Crippen LogP contribution in [-0.2, 0) is 21.2 Å². The fourth-order valence-corrected chi connectivity index (χ4v) is 4.36. The zero-order valence-corrected chi connectivity index (χ0v) is 16.7. The van der Waals surface area contributed by atoms with Crippen molar-refractivity contribution in [1.29, 1.82) is 0 Å². The van der Waals surface area contributed by atoms with Gasteiger partial charge in [-0.25, -0.2) is 13.1 Å². The van der Waals surface area contributed by atoms with Gasteiger partial charge in [-0.05, 0) is 60.9 Å². The maximum absolute atomic E-state index is 12.5. The van der Waals surface area contributed by atoms with Gasteiger partial charge in [-0.3, -0.25) is 4.79 Å². The second-order valence-electron chi connectivity index (χ2n) is 6.37. The van der Waals surface area contributed by atoms with Crippen LogP contribution in [0.1, 0.15) is 18.1 Å². The molecule has 0 aromatic heterocycles. The molecule has 1 aliphatic heterocycles. The maximum atomic E-state index is 12.5. The van der Waals surface area contributed by atoms with E-state index in [-0.39, 0.29) is 24.0 Å². The number of benzene rings is 2. The Morgan fingerprint density at radius 1 is 1.26 bits per heavy atom. The third kappa shape index (κ3) is 4.43. The summed E-state index contributed by atoms with van der Waals surface area (Å²) in [5, 5.41) is 0.625. The van der Waals surface area contributed by atoms with E-state index in [1.54, 1.807) is 35.2 Å². The van der Waals surface area contributed by atoms with Crippen molar-refractivity contribution in [3.05, 3.63) is 52.5 Å². The van der Waals surface area contributed by atoms with Gasteiger partial charge in [0.1, 0.15) is 12.4 Å². The molecule has 0 fully saturated rings. The molecule has 0 unspecified atom stereocenters. The van der Waals surface area contributed by atoms with Gasteiger partial charge in [0.15, 0.2) is 0 Å². The third-order valence-electron chi connectivity index (χ3n) is 4.43. The Hall–Kier alpha value is -2.09. The molecule has 144 valence electrons. The molecule has 2 aromatic rings. The number of rotatable bonds is 6. The summed E-state index contributed by atoms with van der Waals surface area (Å²) >= 11 is 5.90. The number of fused-ring (bicyclic) bond motifs is 1. The van der Waals surface area contributed by atoms with Crippen molar-refractivity contribution in [3.63, 3.8) is 0 Å². The standard InChI is InChI=1S/C19H21ClN2O4S/c1-13-11-16(20)3-6-19(13)26-10-8-21-27(24,25)17-4-5-18-15(12-17)7-9-22(18)14(2)23/h3-6,11-12,21H,7-10H2,1-2H3. The van der Waals surface area contributed by atoms with Crippen LogP contribution in [0.3, 0.4) is 0 Å². The van der Waals surface area contributed by atoms with Crippen molar-refractivity contribution in [1.82, 2.24) is 4.72 Å². The lowest BCUT2D eigenvalue weighted by Gasteiger charge is -2.15. The first-order chi connectivity index (χ1) is 12.8. The molecule has 0 saturated carbocycles. The average molecular weight is 409 g/mol. The molecular weight excluding hydrogens is 388 g/mol. The number of sulfonamides is 1. The molecule has 3 rings (SSSR count). The van der Waals surface area contributed by atoms with Crippen LogP contribution >= 0.6 is 11.6 Å². The van der Waals surface area contributed by atoms with Crippen LogP contribution in [-0.4, -0.2) is 34.0 Å². The molecule has 1 heterocycles. The van der Waals surface area contributed by atoms with Gasteiger partial charge in [0.05, 0.1) is 4.90 Å². The Morgan fingerprint density at radius 2 is 2.04 bits per heavy atom. The van der Waals surface area contributed by atoms with Gasteiger partial charge in [0, 0.05) is 30.7 Å². The highest BCUT2D eigenvalue weighted by Crippen LogP contribution is 2.30. The number of hydrogen-bond donors (Lipinski definition) is 1. The molecule has 0 spiro atoms. The molecule has 6 nitrogen and oxygen atoms in total. The largest absolute Gasteiger partial charge is 0.492 e. The van der Waals surface area contributed by atoms with Crippen LogP contribution in [0.5, 0.6) is 5.75 Å². The molecule has 8 heteroatoms. The Balaban J connectivity index is 1.61. The summed E-state index contributed by atoms with van der Waals surface area (Å²) in [6, 6.07) is 10.1. The highest BCUT2D eigenvalue weighted by molar-refractivity contribution is 7.89. The first-order valence-corrected chi connectivity index (χ1v) is 10.4. The minimum absolute atomic E-state index is 0.0443. The van der Waals surface area contributed by atoms with Crippen molar-refractivity contribution in [3.8, 4) is 5.75 Å². The van der Waals surface area contributed by atoms with Crippen LogP contribution < -0.4 is 14.4 Å². The molecule has 0 atom stereocenters. The van der Waals surface area contributed by atoms with Gasteiger partial charge in [-0.2, -0.15) is 0 Å². The number of anilines is 1. The highest BCUT2D eigenvalue weighted by atomic mass is 35.5. The fraction of sp³-hybridized carbons (Fsp3) is 0.316. The molecule has 0 aliphatic carbocycles. The summed E-state index contributed by atoms with van der Waals surface area (Å²) in [4.78, 5) is 13.4. The molecule has 1 N–H and O–H groups in total. The summed E-state index contributed by atoms with van der Waals surface area (Å²) in [7, 11) is -3.65. The molecular formula is C19H21ClN2O4S. The molecule has 1 amide bonds. The van der Waals surface area contributed by atoms with E-state index in [9.17, 15) is 13.2 Å². The van der Waals surface area contributed by atoms with E-state index in [1.165, 1.54) is 13.0 Å². The first kappa shape index (κ1) is 19.7. The topological polar surface area (TPSA) is 75.7 Å². The van der Waals surface area contributed by atoms with Crippen LogP contribution in [0.2, 0.25) is 5.02 Å².